The molecule has 1 amide bonds. The van der Waals surface area contributed by atoms with Crippen molar-refractivity contribution in [3.63, 3.8) is 0 Å². The quantitative estimate of drug-likeness (QED) is 0.352. The number of rotatable bonds is 8. The highest BCUT2D eigenvalue weighted by molar-refractivity contribution is 5.79. The summed E-state index contributed by atoms with van der Waals surface area (Å²) in [6, 6.07) is 0.746. The van der Waals surface area contributed by atoms with E-state index in [2.05, 4.69) is 32.9 Å². The summed E-state index contributed by atoms with van der Waals surface area (Å²) in [6.07, 6.45) is 5.82. The number of guanidine groups is 1. The van der Waals surface area contributed by atoms with E-state index in [1.807, 2.05) is 20.8 Å². The molecule has 0 atom stereocenters. The second kappa shape index (κ2) is 11.2. The number of carbonyl (C=O) groups excluding carboxylic acids is 1. The van der Waals surface area contributed by atoms with Gasteiger partial charge in [-0.25, -0.2) is 4.79 Å². The van der Waals surface area contributed by atoms with Crippen LogP contribution in [0.25, 0.3) is 0 Å². The minimum atomic E-state index is -0.458. The van der Waals surface area contributed by atoms with E-state index < -0.39 is 5.60 Å². The van der Waals surface area contributed by atoms with Gasteiger partial charge in [-0.1, -0.05) is 12.8 Å². The fourth-order valence-corrected chi connectivity index (χ4v) is 2.90. The lowest BCUT2D eigenvalue weighted by Gasteiger charge is -2.24. The molecule has 0 heterocycles. The summed E-state index contributed by atoms with van der Waals surface area (Å²) < 4.78 is 5.19. The molecular weight excluding hydrogens is 318 g/mol. The van der Waals surface area contributed by atoms with E-state index in [1.54, 1.807) is 7.05 Å². The minimum Gasteiger partial charge on any atom is -0.444 e. The first-order valence-electron chi connectivity index (χ1n) is 9.43. The van der Waals surface area contributed by atoms with Crippen LogP contribution in [0.15, 0.2) is 4.99 Å². The maximum absolute atomic E-state index is 11.5. The smallest absolute Gasteiger partial charge is 0.407 e. The maximum Gasteiger partial charge on any atom is 0.407 e. The van der Waals surface area contributed by atoms with Gasteiger partial charge < -0.3 is 25.6 Å². The topological polar surface area (TPSA) is 78.0 Å². The number of amides is 1. The van der Waals surface area contributed by atoms with E-state index >= 15 is 0 Å². The fourth-order valence-electron chi connectivity index (χ4n) is 2.90. The van der Waals surface area contributed by atoms with Gasteiger partial charge in [-0.05, 0) is 47.1 Å². The number of nitrogens with zero attached hydrogens (tertiary/aromatic N) is 2. The van der Waals surface area contributed by atoms with Gasteiger partial charge in [0.1, 0.15) is 5.60 Å². The van der Waals surface area contributed by atoms with Crippen LogP contribution in [0.2, 0.25) is 0 Å². The molecule has 1 saturated carbocycles. The predicted octanol–water partition coefficient (Wildman–Crippen LogP) is 1.94. The Labute approximate surface area is 153 Å². The molecule has 0 spiro atoms. The Balaban J connectivity index is 2.07. The van der Waals surface area contributed by atoms with Crippen LogP contribution in [0.3, 0.4) is 0 Å². The second-order valence-corrected chi connectivity index (χ2v) is 7.63. The van der Waals surface area contributed by atoms with E-state index in [0.29, 0.717) is 6.54 Å². The Bertz CT molecular complexity index is 414. The lowest BCUT2D eigenvalue weighted by molar-refractivity contribution is 0.0527. The molecule has 0 saturated heterocycles. The number of nitrogens with one attached hydrogen (secondary N) is 3. The maximum atomic E-state index is 11.5. The number of alkyl carbamates (subject to hydrolysis) is 1. The van der Waals surface area contributed by atoms with E-state index in [9.17, 15) is 4.79 Å². The van der Waals surface area contributed by atoms with E-state index in [4.69, 9.17) is 4.74 Å². The first kappa shape index (κ1) is 21.5. The Morgan fingerprint density at radius 1 is 1.12 bits per heavy atom. The van der Waals surface area contributed by atoms with Gasteiger partial charge in [0.15, 0.2) is 5.96 Å². The third-order valence-electron chi connectivity index (χ3n) is 4.24. The predicted molar refractivity (Wildman–Crippen MR) is 103 cm³/mol. The second-order valence-electron chi connectivity index (χ2n) is 7.63. The molecule has 1 rings (SSSR count). The van der Waals surface area contributed by atoms with Crippen molar-refractivity contribution in [2.24, 2.45) is 4.99 Å². The summed E-state index contributed by atoms with van der Waals surface area (Å²) in [5, 5.41) is 9.35. The summed E-state index contributed by atoms with van der Waals surface area (Å²) in [7, 11) is 3.98. The summed E-state index contributed by atoms with van der Waals surface area (Å²) in [5.41, 5.74) is -0.458. The lowest BCUT2D eigenvalue weighted by Crippen LogP contribution is -2.43. The SMILES string of the molecule is CN=C(NCCCNC(=O)OC(C)(C)C)NCCN(C)C1CCCC1. The molecule has 0 aliphatic heterocycles. The van der Waals surface area contributed by atoms with E-state index in [1.165, 1.54) is 25.7 Å². The van der Waals surface area contributed by atoms with Crippen LogP contribution in [0, 0.1) is 0 Å². The van der Waals surface area contributed by atoms with E-state index in [-0.39, 0.29) is 6.09 Å². The number of hydrogen-bond donors (Lipinski definition) is 3. The molecule has 146 valence electrons. The van der Waals surface area contributed by atoms with Crippen molar-refractivity contribution in [3.05, 3.63) is 0 Å². The van der Waals surface area contributed by atoms with Crippen molar-refractivity contribution in [1.82, 2.24) is 20.9 Å². The van der Waals surface area contributed by atoms with Crippen molar-refractivity contribution in [2.45, 2.75) is 64.5 Å². The summed E-state index contributed by atoms with van der Waals surface area (Å²) in [5.74, 6) is 0.803. The molecule has 1 fully saturated rings. The number of carbonyl (C=O) groups is 1. The standard InChI is InChI=1S/C18H37N5O2/c1-18(2,3)25-17(24)22-12-8-11-20-16(19-4)21-13-14-23(5)15-9-6-7-10-15/h15H,6-14H2,1-5H3,(H,22,24)(H2,19,20,21). The highest BCUT2D eigenvalue weighted by atomic mass is 16.6. The molecule has 1 aliphatic rings. The largest absolute Gasteiger partial charge is 0.444 e. The van der Waals surface area contributed by atoms with Crippen molar-refractivity contribution < 1.29 is 9.53 Å². The third kappa shape index (κ3) is 10.2. The van der Waals surface area contributed by atoms with Gasteiger partial charge in [-0.2, -0.15) is 0 Å². The van der Waals surface area contributed by atoms with Gasteiger partial charge in [0, 0.05) is 39.3 Å². The van der Waals surface area contributed by atoms with Gasteiger partial charge in [0.25, 0.3) is 0 Å². The number of aliphatic imine (C=N–C) groups is 1. The Kier molecular flexibility index (Phi) is 9.63. The monoisotopic (exact) mass is 355 g/mol. The Morgan fingerprint density at radius 2 is 1.72 bits per heavy atom. The number of likely N-dealkylation sites (N-methyl/N-ethyl adjacent to an activating group) is 1. The van der Waals surface area contributed by atoms with Crippen LogP contribution in [-0.2, 0) is 4.74 Å². The molecule has 1 aliphatic carbocycles. The Morgan fingerprint density at radius 3 is 2.32 bits per heavy atom. The highest BCUT2D eigenvalue weighted by Gasteiger charge is 2.19. The lowest BCUT2D eigenvalue weighted by atomic mass is 10.2. The fraction of sp³-hybridized carbons (Fsp3) is 0.889. The van der Waals surface area contributed by atoms with Crippen LogP contribution in [0.4, 0.5) is 4.79 Å². The summed E-state index contributed by atoms with van der Waals surface area (Å²) in [6.45, 7) is 8.78. The van der Waals surface area contributed by atoms with Crippen LogP contribution >= 0.6 is 0 Å². The molecule has 0 aromatic carbocycles. The van der Waals surface area contributed by atoms with Crippen LogP contribution in [0.1, 0.15) is 52.9 Å². The average molecular weight is 356 g/mol. The molecule has 0 unspecified atom stereocenters. The van der Waals surface area contributed by atoms with Gasteiger partial charge >= 0.3 is 6.09 Å². The Hall–Kier alpha value is -1.50. The summed E-state index contributed by atoms with van der Waals surface area (Å²) >= 11 is 0. The van der Waals surface area contributed by atoms with E-state index in [0.717, 1.165) is 38.1 Å². The zero-order chi connectivity index (χ0) is 18.7. The zero-order valence-corrected chi connectivity index (χ0v) is 16.7. The van der Waals surface area contributed by atoms with Crippen molar-refractivity contribution in [3.8, 4) is 0 Å². The van der Waals surface area contributed by atoms with Gasteiger partial charge in [0.2, 0.25) is 0 Å². The molecule has 0 radical (unpaired) electrons. The minimum absolute atomic E-state index is 0.370. The molecule has 3 N–H and O–H groups in total. The zero-order valence-electron chi connectivity index (χ0n) is 16.7. The molecule has 25 heavy (non-hydrogen) atoms. The molecular formula is C18H37N5O2. The van der Waals surface area contributed by atoms with Crippen LogP contribution in [0.5, 0.6) is 0 Å². The van der Waals surface area contributed by atoms with Gasteiger partial charge in [-0.3, -0.25) is 4.99 Å². The molecule has 7 heteroatoms. The first-order valence-corrected chi connectivity index (χ1v) is 9.43. The summed E-state index contributed by atoms with van der Waals surface area (Å²) in [4.78, 5) is 18.2. The average Bonchev–Trinajstić information content (AvgIpc) is 3.05. The van der Waals surface area contributed by atoms with Gasteiger partial charge in [0.05, 0.1) is 0 Å². The van der Waals surface area contributed by atoms with Crippen molar-refractivity contribution >= 4 is 12.1 Å². The normalized spacial score (nSPS) is 16.2. The van der Waals surface area contributed by atoms with Gasteiger partial charge in [-0.15, -0.1) is 0 Å². The third-order valence-corrected chi connectivity index (χ3v) is 4.24. The molecule has 0 aromatic heterocycles. The highest BCUT2D eigenvalue weighted by Crippen LogP contribution is 2.21. The molecule has 0 bridgehead atoms. The van der Waals surface area contributed by atoms with Crippen molar-refractivity contribution in [1.29, 1.82) is 0 Å². The molecule has 0 aromatic rings. The van der Waals surface area contributed by atoms with Crippen LogP contribution < -0.4 is 16.0 Å². The van der Waals surface area contributed by atoms with Crippen LogP contribution in [-0.4, -0.2) is 68.9 Å². The van der Waals surface area contributed by atoms with Crippen molar-refractivity contribution in [2.75, 3.05) is 40.3 Å². The number of hydrogen-bond acceptors (Lipinski definition) is 4. The number of ether oxygens (including phenoxy) is 1. The molecule has 7 nitrogen and oxygen atoms in total. The first-order chi connectivity index (χ1) is 11.8.